The second-order valence-electron chi connectivity index (χ2n) is 8.60. The Morgan fingerprint density at radius 3 is 2.83 bits per heavy atom. The van der Waals surface area contributed by atoms with E-state index in [1.807, 2.05) is 19.1 Å². The van der Waals surface area contributed by atoms with Gasteiger partial charge in [-0.3, -0.25) is 14.4 Å². The van der Waals surface area contributed by atoms with E-state index in [1.165, 1.54) is 5.57 Å². The molecule has 1 aromatic rings. The summed E-state index contributed by atoms with van der Waals surface area (Å²) in [6.07, 6.45) is 4.79. The molecule has 7 nitrogen and oxygen atoms in total. The Morgan fingerprint density at radius 1 is 1.30 bits per heavy atom. The van der Waals surface area contributed by atoms with Crippen molar-refractivity contribution in [3.63, 3.8) is 0 Å². The van der Waals surface area contributed by atoms with Crippen LogP contribution in [-0.2, 0) is 25.7 Å². The SMILES string of the molecule is CCOC(=O)[C@]12CCCC3=C1N(CCC3)C(=O)[C@@H](CC(=O)NCc1ccc(C)o1)C2. The predicted octanol–water partition coefficient (Wildman–Crippen LogP) is 3.22. The van der Waals surface area contributed by atoms with Crippen LogP contribution in [0.2, 0.25) is 0 Å². The smallest absolute Gasteiger partial charge is 0.318 e. The number of aryl methyl sites for hydroxylation is 1. The van der Waals surface area contributed by atoms with E-state index in [2.05, 4.69) is 5.32 Å². The van der Waals surface area contributed by atoms with Gasteiger partial charge in [-0.05, 0) is 70.1 Å². The maximum atomic E-state index is 13.3. The number of allylic oxidation sites excluding steroid dienone is 1. The Labute approximate surface area is 176 Å². The molecular weight excluding hydrogens is 384 g/mol. The lowest BCUT2D eigenvalue weighted by Crippen LogP contribution is -2.56. The number of esters is 1. The van der Waals surface area contributed by atoms with Gasteiger partial charge in [-0.15, -0.1) is 0 Å². The first kappa shape index (κ1) is 20.7. The Hall–Kier alpha value is -2.57. The van der Waals surface area contributed by atoms with Gasteiger partial charge in [0.2, 0.25) is 11.8 Å². The number of nitrogens with zero attached hydrogens (tertiary/aromatic N) is 1. The summed E-state index contributed by atoms with van der Waals surface area (Å²) in [5, 5.41) is 2.84. The van der Waals surface area contributed by atoms with Crippen LogP contribution in [0.5, 0.6) is 0 Å². The molecule has 4 rings (SSSR count). The highest BCUT2D eigenvalue weighted by atomic mass is 16.5. The molecule has 162 valence electrons. The zero-order valence-corrected chi connectivity index (χ0v) is 17.8. The number of ether oxygens (including phenoxy) is 1. The van der Waals surface area contributed by atoms with Crippen molar-refractivity contribution in [3.8, 4) is 0 Å². The van der Waals surface area contributed by atoms with Crippen molar-refractivity contribution < 1.29 is 23.5 Å². The van der Waals surface area contributed by atoms with Crippen LogP contribution in [0.3, 0.4) is 0 Å². The molecule has 1 aromatic heterocycles. The third kappa shape index (κ3) is 3.66. The van der Waals surface area contributed by atoms with Crippen LogP contribution in [0, 0.1) is 18.3 Å². The lowest BCUT2D eigenvalue weighted by Gasteiger charge is -2.51. The molecule has 0 saturated carbocycles. The Kier molecular flexibility index (Phi) is 5.71. The number of hydrogen-bond donors (Lipinski definition) is 1. The number of rotatable bonds is 6. The van der Waals surface area contributed by atoms with E-state index in [4.69, 9.17) is 9.15 Å². The third-order valence-electron chi connectivity index (χ3n) is 6.56. The van der Waals surface area contributed by atoms with Crippen molar-refractivity contribution in [2.75, 3.05) is 13.2 Å². The minimum Gasteiger partial charge on any atom is -0.465 e. The minimum absolute atomic E-state index is 0.0342. The van der Waals surface area contributed by atoms with Gasteiger partial charge in [-0.25, -0.2) is 0 Å². The van der Waals surface area contributed by atoms with Crippen molar-refractivity contribution in [2.24, 2.45) is 11.3 Å². The summed E-state index contributed by atoms with van der Waals surface area (Å²) < 4.78 is 11.0. The topological polar surface area (TPSA) is 88.8 Å². The average Bonchev–Trinajstić information content (AvgIpc) is 3.15. The van der Waals surface area contributed by atoms with Crippen LogP contribution < -0.4 is 5.32 Å². The molecule has 1 N–H and O–H groups in total. The molecule has 2 amide bonds. The fraction of sp³-hybridized carbons (Fsp3) is 0.609. The molecule has 1 saturated heterocycles. The highest BCUT2D eigenvalue weighted by Crippen LogP contribution is 2.54. The predicted molar refractivity (Wildman–Crippen MR) is 109 cm³/mol. The molecule has 0 radical (unpaired) electrons. The van der Waals surface area contributed by atoms with Crippen molar-refractivity contribution in [3.05, 3.63) is 34.9 Å². The summed E-state index contributed by atoms with van der Waals surface area (Å²) in [6, 6.07) is 3.67. The first-order valence-electron chi connectivity index (χ1n) is 11.0. The van der Waals surface area contributed by atoms with E-state index in [9.17, 15) is 14.4 Å². The van der Waals surface area contributed by atoms with Gasteiger partial charge in [-0.2, -0.15) is 0 Å². The molecule has 3 heterocycles. The number of hydrogen-bond acceptors (Lipinski definition) is 5. The van der Waals surface area contributed by atoms with Gasteiger partial charge < -0.3 is 19.4 Å². The van der Waals surface area contributed by atoms with Crippen molar-refractivity contribution in [1.82, 2.24) is 10.2 Å². The highest BCUT2D eigenvalue weighted by Gasteiger charge is 2.56. The van der Waals surface area contributed by atoms with Gasteiger partial charge in [0.05, 0.1) is 13.2 Å². The van der Waals surface area contributed by atoms with Gasteiger partial charge in [0.1, 0.15) is 16.9 Å². The highest BCUT2D eigenvalue weighted by molar-refractivity contribution is 5.92. The molecular formula is C23H30N2O5. The number of carbonyl (C=O) groups is 3. The molecule has 2 aliphatic heterocycles. The standard InChI is InChI=1S/C23H30N2O5/c1-3-29-22(28)23-10-4-6-16-7-5-11-25(20(16)23)21(27)17(13-23)12-19(26)24-14-18-9-8-15(2)30-18/h8-9,17H,3-7,10-14H2,1-2H3,(H,24,26)/t17-,23-/m0/s1. The summed E-state index contributed by atoms with van der Waals surface area (Å²) >= 11 is 0. The van der Waals surface area contributed by atoms with Crippen molar-refractivity contribution in [1.29, 1.82) is 0 Å². The second kappa shape index (κ2) is 8.28. The quantitative estimate of drug-likeness (QED) is 0.722. The zero-order chi connectivity index (χ0) is 21.3. The maximum Gasteiger partial charge on any atom is 0.318 e. The van der Waals surface area contributed by atoms with Crippen LogP contribution in [0.25, 0.3) is 0 Å². The van der Waals surface area contributed by atoms with E-state index >= 15 is 0 Å². The molecule has 0 spiro atoms. The van der Waals surface area contributed by atoms with E-state index in [-0.39, 0.29) is 30.7 Å². The first-order chi connectivity index (χ1) is 14.4. The summed E-state index contributed by atoms with van der Waals surface area (Å²) in [4.78, 5) is 40.8. The van der Waals surface area contributed by atoms with Gasteiger partial charge in [-0.1, -0.05) is 0 Å². The van der Waals surface area contributed by atoms with E-state index in [0.717, 1.165) is 37.1 Å². The molecule has 1 aliphatic carbocycles. The van der Waals surface area contributed by atoms with Crippen LogP contribution in [-0.4, -0.2) is 35.8 Å². The number of nitrogens with one attached hydrogen (secondary N) is 1. The van der Waals surface area contributed by atoms with Crippen molar-refractivity contribution >= 4 is 17.8 Å². The number of piperidine rings is 1. The second-order valence-corrected chi connectivity index (χ2v) is 8.60. The Morgan fingerprint density at radius 2 is 2.10 bits per heavy atom. The number of furan rings is 1. The molecule has 2 atom stereocenters. The normalized spacial score (nSPS) is 25.7. The van der Waals surface area contributed by atoms with Gasteiger partial charge >= 0.3 is 5.97 Å². The fourth-order valence-electron chi connectivity index (χ4n) is 5.35. The molecule has 3 aliphatic rings. The molecule has 1 fully saturated rings. The van der Waals surface area contributed by atoms with Crippen LogP contribution in [0.15, 0.2) is 27.8 Å². The Balaban J connectivity index is 1.54. The largest absolute Gasteiger partial charge is 0.465 e. The molecule has 0 unspecified atom stereocenters. The fourth-order valence-corrected chi connectivity index (χ4v) is 5.35. The molecule has 7 heteroatoms. The van der Waals surface area contributed by atoms with Crippen molar-refractivity contribution in [2.45, 2.75) is 65.3 Å². The van der Waals surface area contributed by atoms with Crippen LogP contribution in [0.4, 0.5) is 0 Å². The molecule has 0 bridgehead atoms. The van der Waals surface area contributed by atoms with Crippen LogP contribution in [0.1, 0.15) is 63.4 Å². The number of amides is 2. The van der Waals surface area contributed by atoms with E-state index < -0.39 is 11.3 Å². The third-order valence-corrected chi connectivity index (χ3v) is 6.56. The number of carbonyl (C=O) groups excluding carboxylic acids is 3. The summed E-state index contributed by atoms with van der Waals surface area (Å²) in [6.45, 7) is 4.87. The van der Waals surface area contributed by atoms with E-state index in [0.29, 0.717) is 31.8 Å². The molecule has 30 heavy (non-hydrogen) atoms. The summed E-state index contributed by atoms with van der Waals surface area (Å²) in [7, 11) is 0. The van der Waals surface area contributed by atoms with Gasteiger partial charge in [0.25, 0.3) is 0 Å². The lowest BCUT2D eigenvalue weighted by molar-refractivity contribution is -0.162. The van der Waals surface area contributed by atoms with E-state index in [1.54, 1.807) is 11.8 Å². The molecule has 0 aromatic carbocycles. The van der Waals surface area contributed by atoms with Gasteiger partial charge in [0.15, 0.2) is 0 Å². The first-order valence-corrected chi connectivity index (χ1v) is 11.0. The van der Waals surface area contributed by atoms with Gasteiger partial charge in [0, 0.05) is 24.6 Å². The zero-order valence-electron chi connectivity index (χ0n) is 17.8. The summed E-state index contributed by atoms with van der Waals surface area (Å²) in [5.41, 5.74) is 1.33. The maximum absolute atomic E-state index is 13.3. The average molecular weight is 415 g/mol. The lowest BCUT2D eigenvalue weighted by atomic mass is 9.63. The summed E-state index contributed by atoms with van der Waals surface area (Å²) in [5.74, 6) is 0.463. The Bertz CT molecular complexity index is 882. The monoisotopic (exact) mass is 414 g/mol. The van der Waals surface area contributed by atoms with Crippen LogP contribution >= 0.6 is 0 Å². The minimum atomic E-state index is -0.791.